The summed E-state index contributed by atoms with van der Waals surface area (Å²) >= 11 is 0. The van der Waals surface area contributed by atoms with E-state index in [1.807, 2.05) is 13.8 Å². The van der Waals surface area contributed by atoms with Crippen LogP contribution in [0.1, 0.15) is 50.4 Å². The van der Waals surface area contributed by atoms with E-state index in [0.717, 1.165) is 43.0 Å². The summed E-state index contributed by atoms with van der Waals surface area (Å²) in [7, 11) is 0. The minimum atomic E-state index is -0.00319. The van der Waals surface area contributed by atoms with E-state index < -0.39 is 0 Å². The Morgan fingerprint density at radius 2 is 1.95 bits per heavy atom. The lowest BCUT2D eigenvalue weighted by Crippen LogP contribution is -2.36. The average Bonchev–Trinajstić information content (AvgIpc) is 2.49. The fraction of sp³-hybridized carbons (Fsp3) is 0.733. The normalized spacial score (nSPS) is 17.9. The number of rotatable bonds is 5. The SMILES string of the molecule is CCc1nc(N)c(C)c(NCC2(CO)CCCCC2)n1. The molecule has 5 nitrogen and oxygen atoms in total. The van der Waals surface area contributed by atoms with Crippen molar-refractivity contribution in [3.63, 3.8) is 0 Å². The van der Waals surface area contributed by atoms with Gasteiger partial charge in [0.2, 0.25) is 0 Å². The molecule has 2 rings (SSSR count). The van der Waals surface area contributed by atoms with Crippen molar-refractivity contribution in [2.45, 2.75) is 52.4 Å². The molecule has 4 N–H and O–H groups in total. The van der Waals surface area contributed by atoms with Gasteiger partial charge in [0.15, 0.2) is 0 Å². The third-order valence-corrected chi connectivity index (χ3v) is 4.43. The number of nitrogen functional groups attached to an aromatic ring is 1. The minimum absolute atomic E-state index is 0.00319. The molecule has 1 saturated carbocycles. The van der Waals surface area contributed by atoms with Gasteiger partial charge in [-0.05, 0) is 19.8 Å². The molecule has 0 radical (unpaired) electrons. The Bertz CT molecular complexity index is 455. The highest BCUT2D eigenvalue weighted by molar-refractivity contribution is 5.54. The van der Waals surface area contributed by atoms with Crippen molar-refractivity contribution in [3.8, 4) is 0 Å². The van der Waals surface area contributed by atoms with Gasteiger partial charge in [-0.3, -0.25) is 0 Å². The summed E-state index contributed by atoms with van der Waals surface area (Å²) in [6.45, 7) is 4.94. The van der Waals surface area contributed by atoms with Gasteiger partial charge >= 0.3 is 0 Å². The Labute approximate surface area is 121 Å². The predicted octanol–water partition coefficient (Wildman–Crippen LogP) is 2.28. The maximum absolute atomic E-state index is 9.75. The highest BCUT2D eigenvalue weighted by atomic mass is 16.3. The Balaban J connectivity index is 2.11. The summed E-state index contributed by atoms with van der Waals surface area (Å²) in [5, 5.41) is 13.1. The van der Waals surface area contributed by atoms with Crippen molar-refractivity contribution in [2.24, 2.45) is 5.41 Å². The molecule has 0 aromatic carbocycles. The van der Waals surface area contributed by atoms with Crippen LogP contribution in [0.4, 0.5) is 11.6 Å². The van der Waals surface area contributed by atoms with Crippen LogP contribution < -0.4 is 11.1 Å². The summed E-state index contributed by atoms with van der Waals surface area (Å²) in [6.07, 6.45) is 6.61. The van der Waals surface area contributed by atoms with E-state index in [1.165, 1.54) is 19.3 Å². The molecule has 1 aromatic heterocycles. The monoisotopic (exact) mass is 278 g/mol. The number of hydrogen-bond acceptors (Lipinski definition) is 5. The van der Waals surface area contributed by atoms with E-state index >= 15 is 0 Å². The first kappa shape index (κ1) is 15.0. The second-order valence-electron chi connectivity index (χ2n) is 5.92. The number of hydrogen-bond donors (Lipinski definition) is 3. The summed E-state index contributed by atoms with van der Waals surface area (Å²) < 4.78 is 0. The molecule has 5 heteroatoms. The number of aliphatic hydroxyl groups is 1. The maximum atomic E-state index is 9.75. The minimum Gasteiger partial charge on any atom is -0.396 e. The number of nitrogens with one attached hydrogen (secondary N) is 1. The van der Waals surface area contributed by atoms with Gasteiger partial charge in [-0.2, -0.15) is 0 Å². The van der Waals surface area contributed by atoms with E-state index in [0.29, 0.717) is 5.82 Å². The molecule has 1 aliphatic carbocycles. The number of anilines is 2. The number of aromatic nitrogens is 2. The summed E-state index contributed by atoms with van der Waals surface area (Å²) in [5.41, 5.74) is 6.82. The topological polar surface area (TPSA) is 84.1 Å². The van der Waals surface area contributed by atoms with Gasteiger partial charge in [0.25, 0.3) is 0 Å². The second kappa shape index (κ2) is 6.39. The van der Waals surface area contributed by atoms with Gasteiger partial charge in [-0.1, -0.05) is 26.2 Å². The fourth-order valence-electron chi connectivity index (χ4n) is 2.88. The van der Waals surface area contributed by atoms with Crippen molar-refractivity contribution in [1.29, 1.82) is 0 Å². The van der Waals surface area contributed by atoms with Crippen molar-refractivity contribution in [3.05, 3.63) is 11.4 Å². The Kier molecular flexibility index (Phi) is 4.81. The first-order valence-corrected chi connectivity index (χ1v) is 7.58. The Hall–Kier alpha value is -1.36. The van der Waals surface area contributed by atoms with Crippen LogP contribution in [0.25, 0.3) is 0 Å². The molecular formula is C15H26N4O. The molecule has 0 aliphatic heterocycles. The first-order chi connectivity index (χ1) is 9.60. The van der Waals surface area contributed by atoms with Crippen LogP contribution in [0.15, 0.2) is 0 Å². The van der Waals surface area contributed by atoms with E-state index in [-0.39, 0.29) is 12.0 Å². The molecule has 0 saturated heterocycles. The smallest absolute Gasteiger partial charge is 0.134 e. The molecular weight excluding hydrogens is 252 g/mol. The Morgan fingerprint density at radius 3 is 2.55 bits per heavy atom. The lowest BCUT2D eigenvalue weighted by molar-refractivity contribution is 0.0943. The standard InChI is InChI=1S/C15H26N4O/c1-3-12-18-13(16)11(2)14(19-12)17-9-15(10-20)7-5-4-6-8-15/h20H,3-10H2,1-2H3,(H3,16,17,18,19). The van der Waals surface area contributed by atoms with Crippen LogP contribution in [0.2, 0.25) is 0 Å². The molecule has 1 aliphatic rings. The molecule has 0 atom stereocenters. The first-order valence-electron chi connectivity index (χ1n) is 7.58. The number of aliphatic hydroxyl groups excluding tert-OH is 1. The average molecular weight is 278 g/mol. The molecule has 0 bridgehead atoms. The van der Waals surface area contributed by atoms with Crippen LogP contribution >= 0.6 is 0 Å². The molecule has 0 amide bonds. The van der Waals surface area contributed by atoms with Gasteiger partial charge in [-0.15, -0.1) is 0 Å². The quantitative estimate of drug-likeness (QED) is 0.769. The van der Waals surface area contributed by atoms with E-state index in [1.54, 1.807) is 0 Å². The predicted molar refractivity (Wildman–Crippen MR) is 81.7 cm³/mol. The van der Waals surface area contributed by atoms with Crippen LogP contribution in [-0.2, 0) is 6.42 Å². The molecule has 1 aromatic rings. The third kappa shape index (κ3) is 3.20. The fourth-order valence-corrected chi connectivity index (χ4v) is 2.88. The van der Waals surface area contributed by atoms with E-state index in [9.17, 15) is 5.11 Å². The largest absolute Gasteiger partial charge is 0.396 e. The van der Waals surface area contributed by atoms with Crippen molar-refractivity contribution in [2.75, 3.05) is 24.2 Å². The summed E-state index contributed by atoms with van der Waals surface area (Å²) in [6, 6.07) is 0. The van der Waals surface area contributed by atoms with Gasteiger partial charge in [-0.25, -0.2) is 9.97 Å². The molecule has 112 valence electrons. The van der Waals surface area contributed by atoms with Crippen molar-refractivity contribution in [1.82, 2.24) is 9.97 Å². The van der Waals surface area contributed by atoms with Crippen LogP contribution in [-0.4, -0.2) is 28.2 Å². The van der Waals surface area contributed by atoms with E-state index in [2.05, 4.69) is 15.3 Å². The van der Waals surface area contributed by atoms with Crippen molar-refractivity contribution < 1.29 is 5.11 Å². The lowest BCUT2D eigenvalue weighted by atomic mass is 9.74. The number of nitrogens with zero attached hydrogens (tertiary/aromatic N) is 2. The maximum Gasteiger partial charge on any atom is 0.134 e. The molecule has 1 fully saturated rings. The zero-order chi connectivity index (χ0) is 14.6. The Morgan fingerprint density at radius 1 is 1.25 bits per heavy atom. The highest BCUT2D eigenvalue weighted by Gasteiger charge is 2.31. The number of aryl methyl sites for hydroxylation is 1. The van der Waals surface area contributed by atoms with Crippen LogP contribution in [0.5, 0.6) is 0 Å². The molecule has 0 unspecified atom stereocenters. The summed E-state index contributed by atoms with van der Waals surface area (Å²) in [5.74, 6) is 2.12. The zero-order valence-corrected chi connectivity index (χ0v) is 12.6. The molecule has 1 heterocycles. The summed E-state index contributed by atoms with van der Waals surface area (Å²) in [4.78, 5) is 8.78. The zero-order valence-electron chi connectivity index (χ0n) is 12.6. The van der Waals surface area contributed by atoms with Gasteiger partial charge in [0.05, 0.1) is 6.61 Å². The van der Waals surface area contributed by atoms with E-state index in [4.69, 9.17) is 5.73 Å². The van der Waals surface area contributed by atoms with Crippen molar-refractivity contribution >= 4 is 11.6 Å². The lowest BCUT2D eigenvalue weighted by Gasteiger charge is -2.36. The van der Waals surface area contributed by atoms with Gasteiger partial charge in [0.1, 0.15) is 17.5 Å². The second-order valence-corrected chi connectivity index (χ2v) is 5.92. The third-order valence-electron chi connectivity index (χ3n) is 4.43. The van der Waals surface area contributed by atoms with Gasteiger partial charge in [0, 0.05) is 23.9 Å². The molecule has 0 spiro atoms. The molecule has 20 heavy (non-hydrogen) atoms. The van der Waals surface area contributed by atoms with Gasteiger partial charge < -0.3 is 16.2 Å². The van der Waals surface area contributed by atoms with Crippen LogP contribution in [0, 0.1) is 12.3 Å². The van der Waals surface area contributed by atoms with Crippen LogP contribution in [0.3, 0.4) is 0 Å². The number of nitrogens with two attached hydrogens (primary N) is 1. The highest BCUT2D eigenvalue weighted by Crippen LogP contribution is 2.36.